The lowest BCUT2D eigenvalue weighted by molar-refractivity contribution is -0.149. The molecule has 1 aromatic carbocycles. The van der Waals surface area contributed by atoms with E-state index in [1.165, 1.54) is 0 Å². The van der Waals surface area contributed by atoms with E-state index in [1.54, 1.807) is 31.2 Å². The van der Waals surface area contributed by atoms with Gasteiger partial charge < -0.3 is 4.74 Å². The SMILES string of the molecule is CCOC(=O)C(F)c1cccc(Br)c1. The normalized spacial score (nSPS) is 12.2. The molecule has 0 aliphatic rings. The summed E-state index contributed by atoms with van der Waals surface area (Å²) in [7, 11) is 0. The second kappa shape index (κ2) is 5.10. The van der Waals surface area contributed by atoms with Crippen molar-refractivity contribution in [2.75, 3.05) is 6.61 Å². The fourth-order valence-corrected chi connectivity index (χ4v) is 1.43. The summed E-state index contributed by atoms with van der Waals surface area (Å²) < 4.78 is 18.7. The molecule has 0 amide bonds. The highest BCUT2D eigenvalue weighted by Gasteiger charge is 2.20. The topological polar surface area (TPSA) is 26.3 Å². The Labute approximate surface area is 90.2 Å². The molecule has 2 nitrogen and oxygen atoms in total. The van der Waals surface area contributed by atoms with Gasteiger partial charge in [0.1, 0.15) is 0 Å². The van der Waals surface area contributed by atoms with E-state index >= 15 is 0 Å². The van der Waals surface area contributed by atoms with Gasteiger partial charge in [0.25, 0.3) is 0 Å². The highest BCUT2D eigenvalue weighted by Crippen LogP contribution is 2.22. The van der Waals surface area contributed by atoms with Gasteiger partial charge >= 0.3 is 5.97 Å². The van der Waals surface area contributed by atoms with Crippen LogP contribution in [0.1, 0.15) is 18.7 Å². The molecule has 0 aromatic heterocycles. The molecule has 0 spiro atoms. The van der Waals surface area contributed by atoms with E-state index in [0.717, 1.165) is 4.47 Å². The van der Waals surface area contributed by atoms with E-state index in [4.69, 9.17) is 0 Å². The summed E-state index contributed by atoms with van der Waals surface area (Å²) in [4.78, 5) is 11.0. The van der Waals surface area contributed by atoms with Crippen molar-refractivity contribution in [3.05, 3.63) is 34.3 Å². The third-order valence-electron chi connectivity index (χ3n) is 1.63. The molecule has 0 radical (unpaired) electrons. The van der Waals surface area contributed by atoms with Gasteiger partial charge in [0.15, 0.2) is 0 Å². The molecule has 1 atom stereocenters. The molecule has 0 saturated heterocycles. The molecule has 1 unspecified atom stereocenters. The van der Waals surface area contributed by atoms with Crippen LogP contribution < -0.4 is 0 Å². The number of carbonyl (C=O) groups is 1. The first-order chi connectivity index (χ1) is 6.65. The molecular weight excluding hydrogens is 251 g/mol. The molecule has 0 N–H and O–H groups in total. The molecule has 0 aliphatic carbocycles. The van der Waals surface area contributed by atoms with E-state index in [-0.39, 0.29) is 6.61 Å². The zero-order valence-corrected chi connectivity index (χ0v) is 9.25. The molecule has 0 aliphatic heterocycles. The van der Waals surface area contributed by atoms with E-state index < -0.39 is 12.1 Å². The Morgan fingerprint density at radius 3 is 2.93 bits per heavy atom. The highest BCUT2D eigenvalue weighted by atomic mass is 79.9. The number of benzene rings is 1. The zero-order chi connectivity index (χ0) is 10.6. The van der Waals surface area contributed by atoms with E-state index in [1.807, 2.05) is 0 Å². The van der Waals surface area contributed by atoms with E-state index in [9.17, 15) is 9.18 Å². The predicted molar refractivity (Wildman–Crippen MR) is 54.6 cm³/mol. The van der Waals surface area contributed by atoms with Crippen LogP contribution in [0.2, 0.25) is 0 Å². The van der Waals surface area contributed by atoms with Crippen molar-refractivity contribution in [2.24, 2.45) is 0 Å². The number of carbonyl (C=O) groups excluding carboxylic acids is 1. The van der Waals surface area contributed by atoms with E-state index in [2.05, 4.69) is 20.7 Å². The van der Waals surface area contributed by atoms with Crippen LogP contribution in [0.4, 0.5) is 4.39 Å². The van der Waals surface area contributed by atoms with Crippen molar-refractivity contribution in [3.8, 4) is 0 Å². The Bertz CT molecular complexity index is 328. The number of hydrogen-bond acceptors (Lipinski definition) is 2. The highest BCUT2D eigenvalue weighted by molar-refractivity contribution is 9.10. The molecule has 0 saturated carbocycles. The maximum absolute atomic E-state index is 13.4. The van der Waals surface area contributed by atoms with Crippen LogP contribution in [-0.4, -0.2) is 12.6 Å². The Balaban J connectivity index is 2.78. The summed E-state index contributed by atoms with van der Waals surface area (Å²) in [6, 6.07) is 6.54. The number of rotatable bonds is 3. The number of esters is 1. The minimum Gasteiger partial charge on any atom is -0.464 e. The van der Waals surface area contributed by atoms with Crippen LogP contribution in [0.15, 0.2) is 28.7 Å². The molecule has 0 heterocycles. The fraction of sp³-hybridized carbons (Fsp3) is 0.300. The van der Waals surface area contributed by atoms with Crippen molar-refractivity contribution >= 4 is 21.9 Å². The van der Waals surface area contributed by atoms with Gasteiger partial charge in [0.2, 0.25) is 6.17 Å². The van der Waals surface area contributed by atoms with Gasteiger partial charge in [0.05, 0.1) is 6.61 Å². The first-order valence-corrected chi connectivity index (χ1v) is 5.00. The minimum absolute atomic E-state index is 0.188. The second-order valence-electron chi connectivity index (χ2n) is 2.67. The molecule has 1 aromatic rings. The Morgan fingerprint density at radius 2 is 2.36 bits per heavy atom. The summed E-state index contributed by atoms with van der Waals surface area (Å²) in [5, 5.41) is 0. The van der Waals surface area contributed by atoms with Crippen LogP contribution in [0.25, 0.3) is 0 Å². The molecule has 1 rings (SSSR count). The number of ether oxygens (including phenoxy) is 1. The molecule has 76 valence electrons. The molecular formula is C10H10BrFO2. The number of alkyl halides is 1. The summed E-state index contributed by atoms with van der Waals surface area (Å²) in [5.41, 5.74) is 0.304. The van der Waals surface area contributed by atoms with Gasteiger partial charge in [-0.2, -0.15) is 0 Å². The van der Waals surface area contributed by atoms with Gasteiger partial charge in [-0.3, -0.25) is 0 Å². The summed E-state index contributed by atoms with van der Waals surface area (Å²) in [6.45, 7) is 1.83. The van der Waals surface area contributed by atoms with Crippen LogP contribution >= 0.6 is 15.9 Å². The molecule has 0 bridgehead atoms. The molecule has 14 heavy (non-hydrogen) atoms. The maximum atomic E-state index is 13.4. The van der Waals surface area contributed by atoms with Gasteiger partial charge in [0, 0.05) is 4.47 Å². The van der Waals surface area contributed by atoms with Crippen molar-refractivity contribution in [3.63, 3.8) is 0 Å². The first-order valence-electron chi connectivity index (χ1n) is 4.21. The smallest absolute Gasteiger partial charge is 0.345 e. The van der Waals surface area contributed by atoms with Crippen molar-refractivity contribution in [1.29, 1.82) is 0 Å². The van der Waals surface area contributed by atoms with Crippen LogP contribution in [0, 0.1) is 0 Å². The quantitative estimate of drug-likeness (QED) is 0.782. The first kappa shape index (κ1) is 11.2. The van der Waals surface area contributed by atoms with Crippen LogP contribution in [-0.2, 0) is 9.53 Å². The predicted octanol–water partition coefficient (Wildman–Crippen LogP) is 3.02. The van der Waals surface area contributed by atoms with Gasteiger partial charge in [-0.1, -0.05) is 28.1 Å². The van der Waals surface area contributed by atoms with Gasteiger partial charge in [-0.25, -0.2) is 9.18 Å². The van der Waals surface area contributed by atoms with Crippen molar-refractivity contribution in [1.82, 2.24) is 0 Å². The fourth-order valence-electron chi connectivity index (χ4n) is 1.02. The van der Waals surface area contributed by atoms with Crippen LogP contribution in [0.5, 0.6) is 0 Å². The Hall–Kier alpha value is -0.900. The van der Waals surface area contributed by atoms with E-state index in [0.29, 0.717) is 5.56 Å². The monoisotopic (exact) mass is 260 g/mol. The van der Waals surface area contributed by atoms with Crippen molar-refractivity contribution < 1.29 is 13.9 Å². The number of hydrogen-bond donors (Lipinski definition) is 0. The minimum atomic E-state index is -1.70. The molecule has 0 fully saturated rings. The Morgan fingerprint density at radius 1 is 1.64 bits per heavy atom. The maximum Gasteiger partial charge on any atom is 0.345 e. The zero-order valence-electron chi connectivity index (χ0n) is 7.67. The third-order valence-corrected chi connectivity index (χ3v) is 2.13. The average molecular weight is 261 g/mol. The average Bonchev–Trinajstić information content (AvgIpc) is 2.17. The van der Waals surface area contributed by atoms with Crippen molar-refractivity contribution in [2.45, 2.75) is 13.1 Å². The lowest BCUT2D eigenvalue weighted by Crippen LogP contribution is -2.11. The summed E-state index contributed by atoms with van der Waals surface area (Å²) in [6.07, 6.45) is -1.70. The summed E-state index contributed by atoms with van der Waals surface area (Å²) >= 11 is 3.20. The standard InChI is InChI=1S/C10H10BrFO2/c1-2-14-10(13)9(12)7-4-3-5-8(11)6-7/h3-6,9H,2H2,1H3. The van der Waals surface area contributed by atoms with Gasteiger partial charge in [-0.05, 0) is 24.6 Å². The third kappa shape index (κ3) is 2.80. The van der Waals surface area contributed by atoms with Gasteiger partial charge in [-0.15, -0.1) is 0 Å². The van der Waals surface area contributed by atoms with Crippen LogP contribution in [0.3, 0.4) is 0 Å². The molecule has 4 heteroatoms. The second-order valence-corrected chi connectivity index (χ2v) is 3.59. The Kier molecular flexibility index (Phi) is 4.07. The lowest BCUT2D eigenvalue weighted by atomic mass is 10.1. The number of halogens is 2. The summed E-state index contributed by atoms with van der Waals surface area (Å²) in [5.74, 6) is -0.842. The largest absolute Gasteiger partial charge is 0.464 e. The lowest BCUT2D eigenvalue weighted by Gasteiger charge is -2.07.